The second-order valence-electron chi connectivity index (χ2n) is 5.88. The normalized spacial score (nSPS) is 22.7. The van der Waals surface area contributed by atoms with Crippen molar-refractivity contribution >= 4 is 5.97 Å². The smallest absolute Gasteiger partial charge is 0.422 e. The molecule has 122 valence electrons. The van der Waals surface area contributed by atoms with Crippen molar-refractivity contribution in [1.82, 2.24) is 4.90 Å². The van der Waals surface area contributed by atoms with Gasteiger partial charge in [-0.25, -0.2) is 0 Å². The predicted molar refractivity (Wildman–Crippen MR) is 73.6 cm³/mol. The summed E-state index contributed by atoms with van der Waals surface area (Å²) in [4.78, 5) is 13.2. The Morgan fingerprint density at radius 2 is 2.18 bits per heavy atom. The van der Waals surface area contributed by atoms with E-state index in [-0.39, 0.29) is 5.75 Å². The summed E-state index contributed by atoms with van der Waals surface area (Å²) in [5.74, 6) is -0.660. The number of nitrogens with zero attached hydrogens (tertiary/aromatic N) is 1. The molecule has 1 aliphatic rings. The fourth-order valence-electron chi connectivity index (χ4n) is 2.52. The number of carboxylic acid groups (broad SMARTS) is 1. The van der Waals surface area contributed by atoms with Crippen molar-refractivity contribution in [2.75, 3.05) is 19.7 Å². The Labute approximate surface area is 126 Å². The van der Waals surface area contributed by atoms with Crippen LogP contribution in [0, 0.1) is 5.41 Å². The molecule has 4 nitrogen and oxygen atoms in total. The van der Waals surface area contributed by atoms with Crippen LogP contribution in [0.3, 0.4) is 0 Å². The van der Waals surface area contributed by atoms with Crippen LogP contribution in [-0.4, -0.2) is 41.8 Å². The van der Waals surface area contributed by atoms with Crippen LogP contribution >= 0.6 is 0 Å². The van der Waals surface area contributed by atoms with E-state index >= 15 is 0 Å². The van der Waals surface area contributed by atoms with Crippen LogP contribution in [0.1, 0.15) is 18.9 Å². The van der Waals surface area contributed by atoms with Gasteiger partial charge < -0.3 is 9.84 Å². The lowest BCUT2D eigenvalue weighted by Gasteiger charge is -2.20. The van der Waals surface area contributed by atoms with E-state index < -0.39 is 24.2 Å². The maximum absolute atomic E-state index is 12.1. The van der Waals surface area contributed by atoms with Crippen LogP contribution in [0.2, 0.25) is 0 Å². The molecule has 1 N–H and O–H groups in total. The molecular formula is C15H18F3NO3. The fourth-order valence-corrected chi connectivity index (χ4v) is 2.52. The van der Waals surface area contributed by atoms with Crippen LogP contribution in [-0.2, 0) is 11.3 Å². The molecule has 0 saturated carbocycles. The Kier molecular flexibility index (Phi) is 4.65. The minimum absolute atomic E-state index is 0.162. The van der Waals surface area contributed by atoms with Gasteiger partial charge in [-0.05, 0) is 37.6 Å². The van der Waals surface area contributed by atoms with Crippen LogP contribution in [0.25, 0.3) is 0 Å². The fraction of sp³-hybridized carbons (Fsp3) is 0.533. The largest absolute Gasteiger partial charge is 0.484 e. The van der Waals surface area contributed by atoms with E-state index in [1.54, 1.807) is 25.1 Å². The molecule has 0 bridgehead atoms. The summed E-state index contributed by atoms with van der Waals surface area (Å²) in [6, 6.07) is 6.45. The van der Waals surface area contributed by atoms with Gasteiger partial charge in [0, 0.05) is 13.1 Å². The highest BCUT2D eigenvalue weighted by atomic mass is 19.4. The third-order valence-electron chi connectivity index (χ3n) is 3.78. The Hall–Kier alpha value is -1.76. The number of benzene rings is 1. The molecule has 1 aromatic rings. The molecule has 1 fully saturated rings. The Morgan fingerprint density at radius 1 is 1.45 bits per heavy atom. The third-order valence-corrected chi connectivity index (χ3v) is 3.78. The van der Waals surface area contributed by atoms with Gasteiger partial charge >= 0.3 is 12.1 Å². The number of ether oxygens (including phenoxy) is 1. The van der Waals surface area contributed by atoms with Crippen molar-refractivity contribution < 1.29 is 27.8 Å². The quantitative estimate of drug-likeness (QED) is 0.907. The maximum atomic E-state index is 12.1. The minimum atomic E-state index is -4.37. The van der Waals surface area contributed by atoms with E-state index in [1.807, 2.05) is 4.90 Å². The van der Waals surface area contributed by atoms with Crippen molar-refractivity contribution in [3.05, 3.63) is 29.8 Å². The average molecular weight is 317 g/mol. The molecule has 7 heteroatoms. The van der Waals surface area contributed by atoms with E-state index in [4.69, 9.17) is 4.74 Å². The molecule has 1 aromatic carbocycles. The summed E-state index contributed by atoms with van der Waals surface area (Å²) < 4.78 is 41.1. The Morgan fingerprint density at radius 3 is 2.77 bits per heavy atom. The average Bonchev–Trinajstić information content (AvgIpc) is 2.79. The molecule has 1 unspecified atom stereocenters. The van der Waals surface area contributed by atoms with Gasteiger partial charge in [-0.15, -0.1) is 0 Å². The first-order valence-corrected chi connectivity index (χ1v) is 6.92. The summed E-state index contributed by atoms with van der Waals surface area (Å²) in [5.41, 5.74) is 0.0408. The molecule has 1 saturated heterocycles. The first-order chi connectivity index (χ1) is 10.2. The SMILES string of the molecule is CC1(C(=O)O)CCN(Cc2cccc(OCC(F)(F)F)c2)C1. The standard InChI is InChI=1S/C15H18F3NO3/c1-14(13(20)21)5-6-19(9-14)8-11-3-2-4-12(7-11)22-10-15(16,17)18/h2-4,7H,5-6,8-10H2,1H3,(H,20,21). The van der Waals surface area contributed by atoms with Gasteiger partial charge in [0.2, 0.25) is 0 Å². The van der Waals surface area contributed by atoms with Gasteiger partial charge in [0.25, 0.3) is 0 Å². The number of alkyl halides is 3. The minimum Gasteiger partial charge on any atom is -0.484 e. The number of hydrogen-bond acceptors (Lipinski definition) is 3. The number of rotatable bonds is 5. The lowest BCUT2D eigenvalue weighted by Crippen LogP contribution is -2.31. The molecule has 0 aliphatic carbocycles. The number of halogens is 3. The van der Waals surface area contributed by atoms with Crippen LogP contribution < -0.4 is 4.74 Å². The molecule has 22 heavy (non-hydrogen) atoms. The second kappa shape index (κ2) is 6.16. The molecule has 0 amide bonds. The van der Waals surface area contributed by atoms with Crippen LogP contribution in [0.5, 0.6) is 5.75 Å². The highest BCUT2D eigenvalue weighted by Gasteiger charge is 2.40. The number of carbonyl (C=O) groups is 1. The topological polar surface area (TPSA) is 49.8 Å². The molecule has 1 aliphatic heterocycles. The van der Waals surface area contributed by atoms with Gasteiger partial charge in [-0.2, -0.15) is 13.2 Å². The summed E-state index contributed by atoms with van der Waals surface area (Å²) in [6.45, 7) is 1.95. The number of carboxylic acids is 1. The first kappa shape index (κ1) is 16.6. The Bertz CT molecular complexity index is 547. The molecule has 0 radical (unpaired) electrons. The van der Waals surface area contributed by atoms with Crippen LogP contribution in [0.15, 0.2) is 24.3 Å². The zero-order valence-corrected chi connectivity index (χ0v) is 12.2. The second-order valence-corrected chi connectivity index (χ2v) is 5.88. The molecular weight excluding hydrogens is 299 g/mol. The zero-order chi connectivity index (χ0) is 16.4. The van der Waals surface area contributed by atoms with Crippen molar-refractivity contribution in [2.24, 2.45) is 5.41 Å². The number of hydrogen-bond donors (Lipinski definition) is 1. The van der Waals surface area contributed by atoms with E-state index in [9.17, 15) is 23.1 Å². The number of aliphatic carboxylic acids is 1. The molecule has 0 spiro atoms. The predicted octanol–water partition coefficient (Wildman–Crippen LogP) is 2.92. The highest BCUT2D eigenvalue weighted by molar-refractivity contribution is 5.74. The van der Waals surface area contributed by atoms with Crippen molar-refractivity contribution in [3.63, 3.8) is 0 Å². The number of likely N-dealkylation sites (tertiary alicyclic amines) is 1. The van der Waals surface area contributed by atoms with E-state index in [0.29, 0.717) is 26.1 Å². The monoisotopic (exact) mass is 317 g/mol. The summed E-state index contributed by atoms with van der Waals surface area (Å²) in [6.07, 6.45) is -3.80. The molecule has 1 heterocycles. The van der Waals surface area contributed by atoms with Gasteiger partial charge in [0.1, 0.15) is 5.75 Å². The van der Waals surface area contributed by atoms with Gasteiger partial charge in [0.15, 0.2) is 6.61 Å². The summed E-state index contributed by atoms with van der Waals surface area (Å²) >= 11 is 0. The lowest BCUT2D eigenvalue weighted by molar-refractivity contribution is -0.153. The van der Waals surface area contributed by atoms with Gasteiger partial charge in [-0.1, -0.05) is 12.1 Å². The molecule has 2 rings (SSSR count). The van der Waals surface area contributed by atoms with Gasteiger partial charge in [0.05, 0.1) is 5.41 Å². The van der Waals surface area contributed by atoms with E-state index in [2.05, 4.69) is 0 Å². The maximum Gasteiger partial charge on any atom is 0.422 e. The lowest BCUT2D eigenvalue weighted by atomic mass is 9.90. The van der Waals surface area contributed by atoms with Crippen molar-refractivity contribution in [1.29, 1.82) is 0 Å². The third kappa shape index (κ3) is 4.37. The van der Waals surface area contributed by atoms with Gasteiger partial charge in [-0.3, -0.25) is 9.69 Å². The van der Waals surface area contributed by atoms with E-state index in [1.165, 1.54) is 6.07 Å². The molecule has 0 aromatic heterocycles. The van der Waals surface area contributed by atoms with E-state index in [0.717, 1.165) is 5.56 Å². The van der Waals surface area contributed by atoms with Crippen molar-refractivity contribution in [3.8, 4) is 5.75 Å². The zero-order valence-electron chi connectivity index (χ0n) is 12.2. The highest BCUT2D eigenvalue weighted by Crippen LogP contribution is 2.31. The van der Waals surface area contributed by atoms with Crippen LogP contribution in [0.4, 0.5) is 13.2 Å². The summed E-state index contributed by atoms with van der Waals surface area (Å²) in [7, 11) is 0. The summed E-state index contributed by atoms with van der Waals surface area (Å²) in [5, 5.41) is 9.19. The van der Waals surface area contributed by atoms with Crippen molar-refractivity contribution in [2.45, 2.75) is 26.1 Å². The first-order valence-electron chi connectivity index (χ1n) is 6.92. The molecule has 1 atom stereocenters. The Balaban J connectivity index is 1.95.